The highest BCUT2D eigenvalue weighted by Crippen LogP contribution is 2.25. The van der Waals surface area contributed by atoms with E-state index < -0.39 is 9.84 Å². The van der Waals surface area contributed by atoms with Crippen molar-refractivity contribution in [2.45, 2.75) is 19.4 Å². The number of fused-ring (bicyclic) bond motifs is 1. The number of hydrogen-bond donors (Lipinski definition) is 1. The van der Waals surface area contributed by atoms with Crippen LogP contribution in [0.3, 0.4) is 0 Å². The van der Waals surface area contributed by atoms with E-state index in [4.69, 9.17) is 0 Å². The molecule has 0 aliphatic carbocycles. The number of pyridine rings is 1. The SMILES string of the molecule is Cc1ccc2nccc(NC3CCS(=O)(=O)C3)c2c1. The van der Waals surface area contributed by atoms with Gasteiger partial charge in [-0.25, -0.2) is 8.42 Å². The largest absolute Gasteiger partial charge is 0.381 e. The second-order valence-electron chi connectivity index (χ2n) is 5.12. The Balaban J connectivity index is 1.95. The lowest BCUT2D eigenvalue weighted by Gasteiger charge is -2.14. The zero-order valence-electron chi connectivity index (χ0n) is 10.8. The molecule has 1 fully saturated rings. The van der Waals surface area contributed by atoms with Gasteiger partial charge in [0, 0.05) is 23.3 Å². The number of anilines is 1. The highest BCUT2D eigenvalue weighted by molar-refractivity contribution is 7.91. The molecule has 1 aromatic carbocycles. The number of aryl methyl sites for hydroxylation is 1. The van der Waals surface area contributed by atoms with Crippen LogP contribution in [0.5, 0.6) is 0 Å². The van der Waals surface area contributed by atoms with Gasteiger partial charge in [-0.15, -0.1) is 0 Å². The summed E-state index contributed by atoms with van der Waals surface area (Å²) < 4.78 is 23.0. The van der Waals surface area contributed by atoms with Crippen LogP contribution in [0, 0.1) is 6.92 Å². The molecule has 5 heteroatoms. The lowest BCUT2D eigenvalue weighted by Crippen LogP contribution is -2.20. The molecule has 1 aliphatic heterocycles. The highest BCUT2D eigenvalue weighted by atomic mass is 32.2. The number of benzene rings is 1. The number of nitrogens with one attached hydrogen (secondary N) is 1. The molecular formula is C14H16N2O2S. The first-order valence-electron chi connectivity index (χ1n) is 6.36. The average Bonchev–Trinajstić information content (AvgIpc) is 2.69. The maximum absolute atomic E-state index is 11.5. The van der Waals surface area contributed by atoms with Gasteiger partial charge < -0.3 is 5.32 Å². The van der Waals surface area contributed by atoms with Crippen LogP contribution in [0.2, 0.25) is 0 Å². The number of rotatable bonds is 2. The lowest BCUT2D eigenvalue weighted by atomic mass is 10.1. The lowest BCUT2D eigenvalue weighted by molar-refractivity contribution is 0.602. The van der Waals surface area contributed by atoms with Crippen LogP contribution in [-0.2, 0) is 9.84 Å². The van der Waals surface area contributed by atoms with Gasteiger partial charge in [0.1, 0.15) is 0 Å². The van der Waals surface area contributed by atoms with Gasteiger partial charge in [-0.3, -0.25) is 4.98 Å². The number of hydrogen-bond acceptors (Lipinski definition) is 4. The molecule has 1 atom stereocenters. The summed E-state index contributed by atoms with van der Waals surface area (Å²) >= 11 is 0. The molecule has 3 rings (SSSR count). The molecule has 2 aromatic rings. The molecule has 4 nitrogen and oxygen atoms in total. The van der Waals surface area contributed by atoms with E-state index in [1.807, 2.05) is 25.1 Å². The first kappa shape index (κ1) is 12.4. The summed E-state index contributed by atoms with van der Waals surface area (Å²) in [5, 5.41) is 4.40. The minimum Gasteiger partial charge on any atom is -0.381 e. The van der Waals surface area contributed by atoms with Crippen LogP contribution in [0.4, 0.5) is 5.69 Å². The van der Waals surface area contributed by atoms with E-state index >= 15 is 0 Å². The van der Waals surface area contributed by atoms with Crippen LogP contribution in [0.1, 0.15) is 12.0 Å². The van der Waals surface area contributed by atoms with Gasteiger partial charge in [0.25, 0.3) is 0 Å². The fourth-order valence-corrected chi connectivity index (χ4v) is 4.19. The molecule has 1 aliphatic rings. The Bertz CT molecular complexity index is 725. The average molecular weight is 276 g/mol. The molecular weight excluding hydrogens is 260 g/mol. The molecule has 0 bridgehead atoms. The van der Waals surface area contributed by atoms with E-state index in [1.54, 1.807) is 6.20 Å². The Labute approximate surface area is 112 Å². The van der Waals surface area contributed by atoms with Crippen molar-refractivity contribution in [2.24, 2.45) is 0 Å². The Kier molecular flexibility index (Phi) is 2.93. The zero-order chi connectivity index (χ0) is 13.5. The summed E-state index contributed by atoms with van der Waals surface area (Å²) in [6.07, 6.45) is 2.43. The van der Waals surface area contributed by atoms with E-state index in [2.05, 4.69) is 16.4 Å². The van der Waals surface area contributed by atoms with E-state index in [-0.39, 0.29) is 17.5 Å². The minimum absolute atomic E-state index is 0.0103. The summed E-state index contributed by atoms with van der Waals surface area (Å²) in [5.41, 5.74) is 3.06. The first-order chi connectivity index (χ1) is 9.03. The standard InChI is InChI=1S/C14H16N2O2S/c1-10-2-3-13-12(8-10)14(4-6-15-13)16-11-5-7-19(17,18)9-11/h2-4,6,8,11H,5,7,9H2,1H3,(H,15,16). The van der Waals surface area contributed by atoms with Crippen molar-refractivity contribution in [1.29, 1.82) is 0 Å². The van der Waals surface area contributed by atoms with E-state index in [9.17, 15) is 8.42 Å². The van der Waals surface area contributed by atoms with Crippen molar-refractivity contribution in [1.82, 2.24) is 4.98 Å². The highest BCUT2D eigenvalue weighted by Gasteiger charge is 2.27. The fraction of sp³-hybridized carbons (Fsp3) is 0.357. The van der Waals surface area contributed by atoms with Crippen molar-refractivity contribution in [2.75, 3.05) is 16.8 Å². The van der Waals surface area contributed by atoms with Crippen molar-refractivity contribution in [3.8, 4) is 0 Å². The van der Waals surface area contributed by atoms with Crippen LogP contribution in [0.25, 0.3) is 10.9 Å². The number of sulfone groups is 1. The summed E-state index contributed by atoms with van der Waals surface area (Å²) in [6.45, 7) is 2.04. The van der Waals surface area contributed by atoms with Gasteiger partial charge in [0.05, 0.1) is 17.0 Å². The second-order valence-corrected chi connectivity index (χ2v) is 7.35. The van der Waals surface area contributed by atoms with Gasteiger partial charge in [-0.1, -0.05) is 11.6 Å². The number of nitrogens with zero attached hydrogens (tertiary/aromatic N) is 1. The van der Waals surface area contributed by atoms with Gasteiger partial charge in [-0.05, 0) is 31.5 Å². The third kappa shape index (κ3) is 2.56. The topological polar surface area (TPSA) is 59.1 Å². The molecule has 1 unspecified atom stereocenters. The smallest absolute Gasteiger partial charge is 0.152 e. The molecule has 19 heavy (non-hydrogen) atoms. The predicted octanol–water partition coefficient (Wildman–Crippen LogP) is 2.14. The normalized spacial score (nSPS) is 21.6. The molecule has 1 N–H and O–H groups in total. The zero-order valence-corrected chi connectivity index (χ0v) is 11.6. The summed E-state index contributed by atoms with van der Waals surface area (Å²) in [6, 6.07) is 8.01. The third-order valence-corrected chi connectivity index (χ3v) is 5.26. The van der Waals surface area contributed by atoms with Gasteiger partial charge >= 0.3 is 0 Å². The van der Waals surface area contributed by atoms with Crippen LogP contribution < -0.4 is 5.32 Å². The van der Waals surface area contributed by atoms with Crippen molar-refractivity contribution >= 4 is 26.4 Å². The quantitative estimate of drug-likeness (QED) is 0.913. The van der Waals surface area contributed by atoms with Gasteiger partial charge in [0.2, 0.25) is 0 Å². The second kappa shape index (κ2) is 4.49. The maximum atomic E-state index is 11.5. The van der Waals surface area contributed by atoms with E-state index in [0.717, 1.165) is 16.6 Å². The van der Waals surface area contributed by atoms with E-state index in [0.29, 0.717) is 6.42 Å². The molecule has 0 spiro atoms. The molecule has 0 amide bonds. The monoisotopic (exact) mass is 276 g/mol. The minimum atomic E-state index is -2.86. The van der Waals surface area contributed by atoms with Crippen LogP contribution in [-0.4, -0.2) is 30.9 Å². The van der Waals surface area contributed by atoms with Crippen LogP contribution in [0.15, 0.2) is 30.5 Å². The summed E-state index contributed by atoms with van der Waals surface area (Å²) in [4.78, 5) is 4.33. The number of aromatic nitrogens is 1. The first-order valence-corrected chi connectivity index (χ1v) is 8.18. The van der Waals surface area contributed by atoms with E-state index in [1.165, 1.54) is 5.56 Å². The Hall–Kier alpha value is -1.62. The fourth-order valence-electron chi connectivity index (χ4n) is 2.51. The Morgan fingerprint density at radius 1 is 1.32 bits per heavy atom. The molecule has 100 valence electrons. The van der Waals surface area contributed by atoms with Crippen molar-refractivity contribution in [3.05, 3.63) is 36.0 Å². The predicted molar refractivity (Wildman–Crippen MR) is 77.2 cm³/mol. The summed E-state index contributed by atoms with van der Waals surface area (Å²) in [7, 11) is -2.86. The molecule has 1 aromatic heterocycles. The molecule has 0 saturated carbocycles. The maximum Gasteiger partial charge on any atom is 0.152 e. The van der Waals surface area contributed by atoms with Crippen LogP contribution >= 0.6 is 0 Å². The molecule has 2 heterocycles. The summed E-state index contributed by atoms with van der Waals surface area (Å²) in [5.74, 6) is 0.509. The Morgan fingerprint density at radius 2 is 2.16 bits per heavy atom. The van der Waals surface area contributed by atoms with Crippen molar-refractivity contribution < 1.29 is 8.42 Å². The third-order valence-electron chi connectivity index (χ3n) is 3.49. The molecule has 0 radical (unpaired) electrons. The molecule has 1 saturated heterocycles. The van der Waals surface area contributed by atoms with Gasteiger partial charge in [-0.2, -0.15) is 0 Å². The van der Waals surface area contributed by atoms with Gasteiger partial charge in [0.15, 0.2) is 9.84 Å². The van der Waals surface area contributed by atoms with Crippen molar-refractivity contribution in [3.63, 3.8) is 0 Å². The Morgan fingerprint density at radius 3 is 2.89 bits per heavy atom.